The lowest BCUT2D eigenvalue weighted by Gasteiger charge is -2.20. The van der Waals surface area contributed by atoms with Gasteiger partial charge in [0.05, 0.1) is 22.3 Å². The number of aromatic nitrogens is 6. The van der Waals surface area contributed by atoms with Crippen molar-refractivity contribution in [2.45, 2.75) is 25.9 Å². The van der Waals surface area contributed by atoms with Crippen LogP contribution in [-0.4, -0.2) is 35.2 Å². The minimum absolute atomic E-state index is 0.0833. The second kappa shape index (κ2) is 9.71. The summed E-state index contributed by atoms with van der Waals surface area (Å²) in [5.41, 5.74) is 8.49. The number of nitrogens with two attached hydrogens (primary N) is 1. The zero-order chi connectivity index (χ0) is 27.0. The van der Waals surface area contributed by atoms with Crippen molar-refractivity contribution in [1.29, 1.82) is 0 Å². The van der Waals surface area contributed by atoms with Crippen LogP contribution in [0.25, 0.3) is 33.4 Å². The Kier molecular flexibility index (Phi) is 6.41. The molecule has 5 aromatic rings. The number of benzene rings is 1. The standard InChI is InChI=1S/C27H25ClN8O2/c1-27(2,26(29)38)36-15-19(12-32-36)24-33-22-6-4-17(18-5-7-23(37)35(3)14-18)9-21(22)25(34-24)31-11-16-8-20(28)13-30-10-16/h4-10,12-15H,11H2,1-3H3,(H2,29,38)(H,31,33,34). The largest absolute Gasteiger partial charge is 0.368 e. The molecule has 192 valence electrons. The first-order chi connectivity index (χ1) is 18.1. The monoisotopic (exact) mass is 528 g/mol. The number of pyridine rings is 2. The van der Waals surface area contributed by atoms with Crippen molar-refractivity contribution in [2.24, 2.45) is 12.8 Å². The maximum absolute atomic E-state index is 11.9. The quantitative estimate of drug-likeness (QED) is 0.328. The summed E-state index contributed by atoms with van der Waals surface area (Å²) in [4.78, 5) is 37.5. The Morgan fingerprint density at radius 2 is 1.82 bits per heavy atom. The van der Waals surface area contributed by atoms with E-state index in [4.69, 9.17) is 27.3 Å². The van der Waals surface area contributed by atoms with Crippen molar-refractivity contribution >= 4 is 34.2 Å². The molecular weight excluding hydrogens is 504 g/mol. The van der Waals surface area contributed by atoms with Crippen molar-refractivity contribution in [3.63, 3.8) is 0 Å². The van der Waals surface area contributed by atoms with Gasteiger partial charge < -0.3 is 15.6 Å². The molecule has 1 amide bonds. The molecule has 11 heteroatoms. The minimum Gasteiger partial charge on any atom is -0.368 e. The molecule has 38 heavy (non-hydrogen) atoms. The number of fused-ring (bicyclic) bond motifs is 1. The molecular formula is C27H25ClN8O2. The summed E-state index contributed by atoms with van der Waals surface area (Å²) in [5.74, 6) is 0.527. The van der Waals surface area contributed by atoms with E-state index in [0.29, 0.717) is 34.3 Å². The maximum Gasteiger partial charge on any atom is 0.250 e. The molecule has 0 bridgehead atoms. The van der Waals surface area contributed by atoms with Gasteiger partial charge in [0.1, 0.15) is 11.4 Å². The number of anilines is 1. The fourth-order valence-electron chi connectivity index (χ4n) is 3.93. The molecule has 0 unspecified atom stereocenters. The Bertz CT molecular complexity index is 1740. The van der Waals surface area contributed by atoms with E-state index >= 15 is 0 Å². The number of rotatable bonds is 7. The van der Waals surface area contributed by atoms with Gasteiger partial charge in [0.2, 0.25) is 11.5 Å². The van der Waals surface area contributed by atoms with E-state index in [1.807, 2.05) is 24.3 Å². The third-order valence-electron chi connectivity index (χ3n) is 6.35. The highest BCUT2D eigenvalue weighted by Gasteiger charge is 2.28. The molecule has 0 radical (unpaired) electrons. The average molecular weight is 529 g/mol. The summed E-state index contributed by atoms with van der Waals surface area (Å²) in [5, 5.41) is 9.05. The summed E-state index contributed by atoms with van der Waals surface area (Å²) in [6.07, 6.45) is 8.41. The number of halogens is 1. The summed E-state index contributed by atoms with van der Waals surface area (Å²) < 4.78 is 3.04. The maximum atomic E-state index is 11.9. The molecule has 0 fully saturated rings. The number of aryl methyl sites for hydroxylation is 1. The molecule has 4 heterocycles. The summed E-state index contributed by atoms with van der Waals surface area (Å²) in [6, 6.07) is 11.0. The second-order valence-electron chi connectivity index (χ2n) is 9.46. The molecule has 3 N–H and O–H groups in total. The van der Waals surface area contributed by atoms with Crippen LogP contribution in [0, 0.1) is 0 Å². The van der Waals surface area contributed by atoms with E-state index in [1.54, 1.807) is 57.9 Å². The Balaban J connectivity index is 1.61. The van der Waals surface area contributed by atoms with Gasteiger partial charge in [-0.3, -0.25) is 19.3 Å². The lowest BCUT2D eigenvalue weighted by atomic mass is 10.0. The number of primary amides is 1. The Hall–Kier alpha value is -4.57. The fourth-order valence-corrected chi connectivity index (χ4v) is 4.13. The normalized spacial score (nSPS) is 11.6. The van der Waals surface area contributed by atoms with E-state index in [2.05, 4.69) is 15.4 Å². The van der Waals surface area contributed by atoms with Gasteiger partial charge in [-0.2, -0.15) is 5.10 Å². The van der Waals surface area contributed by atoms with Gasteiger partial charge in [0.15, 0.2) is 5.82 Å². The first-order valence-electron chi connectivity index (χ1n) is 11.8. The summed E-state index contributed by atoms with van der Waals surface area (Å²) in [6.45, 7) is 3.82. The molecule has 1 aromatic carbocycles. The molecule has 0 saturated carbocycles. The smallest absolute Gasteiger partial charge is 0.250 e. The number of amides is 1. The van der Waals surface area contributed by atoms with E-state index in [1.165, 1.54) is 15.3 Å². The van der Waals surface area contributed by atoms with Gasteiger partial charge in [-0.25, -0.2) is 9.97 Å². The lowest BCUT2D eigenvalue weighted by Crippen LogP contribution is -2.41. The number of hydrogen-bond donors (Lipinski definition) is 2. The fraction of sp³-hybridized carbons (Fsp3) is 0.185. The molecule has 0 aliphatic heterocycles. The number of hydrogen-bond acceptors (Lipinski definition) is 7. The van der Waals surface area contributed by atoms with Gasteiger partial charge in [-0.1, -0.05) is 17.7 Å². The molecule has 0 aliphatic rings. The summed E-state index contributed by atoms with van der Waals surface area (Å²) >= 11 is 6.12. The van der Waals surface area contributed by atoms with Crippen molar-refractivity contribution < 1.29 is 4.79 Å². The topological polar surface area (TPSA) is 134 Å². The van der Waals surface area contributed by atoms with Gasteiger partial charge in [0, 0.05) is 49.8 Å². The molecule has 10 nitrogen and oxygen atoms in total. The molecule has 0 spiro atoms. The first kappa shape index (κ1) is 25.1. The van der Waals surface area contributed by atoms with Crippen LogP contribution in [0.15, 0.2) is 72.2 Å². The lowest BCUT2D eigenvalue weighted by molar-refractivity contribution is -0.125. The zero-order valence-corrected chi connectivity index (χ0v) is 21.8. The highest BCUT2D eigenvalue weighted by atomic mass is 35.5. The summed E-state index contributed by atoms with van der Waals surface area (Å²) in [7, 11) is 1.72. The predicted octanol–water partition coefficient (Wildman–Crippen LogP) is 3.74. The van der Waals surface area contributed by atoms with Crippen LogP contribution in [0.1, 0.15) is 19.4 Å². The van der Waals surface area contributed by atoms with Crippen molar-refractivity contribution in [1.82, 2.24) is 29.3 Å². The first-order valence-corrected chi connectivity index (χ1v) is 12.2. The zero-order valence-electron chi connectivity index (χ0n) is 21.0. The molecule has 0 saturated heterocycles. The van der Waals surface area contributed by atoms with Crippen molar-refractivity contribution in [3.05, 3.63) is 88.3 Å². The van der Waals surface area contributed by atoms with Gasteiger partial charge in [-0.15, -0.1) is 0 Å². The van der Waals surface area contributed by atoms with Crippen LogP contribution in [0.5, 0.6) is 0 Å². The predicted molar refractivity (Wildman–Crippen MR) is 147 cm³/mol. The highest BCUT2D eigenvalue weighted by Crippen LogP contribution is 2.30. The second-order valence-corrected chi connectivity index (χ2v) is 9.89. The van der Waals surface area contributed by atoms with Crippen LogP contribution < -0.4 is 16.6 Å². The SMILES string of the molecule is Cn1cc(-c2ccc3nc(-c4cnn(C(C)(C)C(N)=O)c4)nc(NCc4cncc(Cl)c4)c3c2)ccc1=O. The Morgan fingerprint density at radius 3 is 2.55 bits per heavy atom. The van der Waals surface area contributed by atoms with E-state index in [9.17, 15) is 9.59 Å². The van der Waals surface area contributed by atoms with E-state index in [-0.39, 0.29) is 5.56 Å². The van der Waals surface area contributed by atoms with Crippen LogP contribution in [-0.2, 0) is 23.9 Å². The number of carbonyl (C=O) groups excluding carboxylic acids is 1. The molecule has 0 aliphatic carbocycles. The molecule has 5 rings (SSSR count). The third-order valence-corrected chi connectivity index (χ3v) is 6.56. The van der Waals surface area contributed by atoms with Crippen molar-refractivity contribution in [3.8, 4) is 22.5 Å². The van der Waals surface area contributed by atoms with E-state index < -0.39 is 11.4 Å². The Labute approximate surface area is 223 Å². The number of carbonyl (C=O) groups is 1. The van der Waals surface area contributed by atoms with Crippen LogP contribution in [0.4, 0.5) is 5.82 Å². The van der Waals surface area contributed by atoms with Gasteiger partial charge in [-0.05, 0) is 54.8 Å². The van der Waals surface area contributed by atoms with Gasteiger partial charge in [0.25, 0.3) is 0 Å². The highest BCUT2D eigenvalue weighted by molar-refractivity contribution is 6.30. The van der Waals surface area contributed by atoms with Crippen LogP contribution in [0.2, 0.25) is 5.02 Å². The third kappa shape index (κ3) is 4.85. The molecule has 4 aromatic heterocycles. The van der Waals surface area contributed by atoms with Crippen LogP contribution >= 0.6 is 11.6 Å². The van der Waals surface area contributed by atoms with Crippen LogP contribution in [0.3, 0.4) is 0 Å². The minimum atomic E-state index is -1.01. The molecule has 0 atom stereocenters. The Morgan fingerprint density at radius 1 is 1.03 bits per heavy atom. The average Bonchev–Trinajstić information content (AvgIpc) is 3.40. The van der Waals surface area contributed by atoms with E-state index in [0.717, 1.165) is 22.1 Å². The van der Waals surface area contributed by atoms with Crippen molar-refractivity contribution in [2.75, 3.05) is 5.32 Å². The number of nitrogens with zero attached hydrogens (tertiary/aromatic N) is 6. The number of nitrogens with one attached hydrogen (secondary N) is 1. The van der Waals surface area contributed by atoms with Gasteiger partial charge >= 0.3 is 0 Å².